The predicted molar refractivity (Wildman–Crippen MR) is 133 cm³/mol. The largest absolute Gasteiger partial charge is 0.321 e. The van der Waals surface area contributed by atoms with Crippen molar-refractivity contribution < 1.29 is 4.79 Å². The average molecular weight is 477 g/mol. The molecule has 2 heterocycles. The van der Waals surface area contributed by atoms with Crippen LogP contribution in [0, 0.1) is 0 Å². The first-order valence-electron chi connectivity index (χ1n) is 11.2. The molecule has 0 radical (unpaired) electrons. The highest BCUT2D eigenvalue weighted by molar-refractivity contribution is 7.98. The van der Waals surface area contributed by atoms with Gasteiger partial charge < -0.3 is 5.32 Å². The molecule has 1 amide bonds. The molecule has 6 nitrogen and oxygen atoms in total. The summed E-state index contributed by atoms with van der Waals surface area (Å²) in [6.07, 6.45) is 6.02. The number of thioether (sulfide) groups is 1. The minimum absolute atomic E-state index is 0.139. The van der Waals surface area contributed by atoms with E-state index in [1.807, 2.05) is 42.5 Å². The zero-order chi connectivity index (χ0) is 22.6. The van der Waals surface area contributed by atoms with Gasteiger partial charge in [0.05, 0.1) is 11.4 Å². The van der Waals surface area contributed by atoms with Crippen molar-refractivity contribution in [1.82, 2.24) is 14.6 Å². The molecule has 0 unspecified atom stereocenters. The summed E-state index contributed by atoms with van der Waals surface area (Å²) < 4.78 is 1.44. The number of hydrogen-bond donors (Lipinski definition) is 1. The van der Waals surface area contributed by atoms with Crippen LogP contribution in [0.5, 0.6) is 0 Å². The van der Waals surface area contributed by atoms with Crippen LogP contribution in [0.15, 0.2) is 70.4 Å². The van der Waals surface area contributed by atoms with E-state index in [1.165, 1.54) is 35.1 Å². The Bertz CT molecular complexity index is 1330. The quantitative estimate of drug-likeness (QED) is 0.359. The Morgan fingerprint density at radius 3 is 2.64 bits per heavy atom. The molecule has 0 saturated heterocycles. The van der Waals surface area contributed by atoms with Crippen LogP contribution in [0.25, 0.3) is 4.96 Å². The highest BCUT2D eigenvalue weighted by Gasteiger charge is 2.20. The first-order valence-corrected chi connectivity index (χ1v) is 13.0. The number of anilines is 1. The lowest BCUT2D eigenvalue weighted by molar-refractivity contribution is 0.102. The molecule has 0 aliphatic heterocycles. The topological polar surface area (TPSA) is 76.4 Å². The van der Waals surface area contributed by atoms with Crippen LogP contribution in [0.2, 0.25) is 0 Å². The van der Waals surface area contributed by atoms with Gasteiger partial charge >= 0.3 is 0 Å². The number of nitrogens with one attached hydrogen (secondary N) is 1. The number of amides is 1. The monoisotopic (exact) mass is 476 g/mol. The summed E-state index contributed by atoms with van der Waals surface area (Å²) in [6, 6.07) is 18.4. The summed E-state index contributed by atoms with van der Waals surface area (Å²) in [4.78, 5) is 31.6. The van der Waals surface area contributed by atoms with Crippen molar-refractivity contribution in [1.29, 1.82) is 0 Å². The highest BCUT2D eigenvalue weighted by Crippen LogP contribution is 2.35. The number of hydrogen-bond acceptors (Lipinski definition) is 6. The molecular weight excluding hydrogens is 452 g/mol. The van der Waals surface area contributed by atoms with Crippen LogP contribution in [0.1, 0.15) is 59.1 Å². The van der Waals surface area contributed by atoms with Gasteiger partial charge in [0.1, 0.15) is 5.01 Å². The van der Waals surface area contributed by atoms with Crippen molar-refractivity contribution >= 4 is 39.7 Å². The smallest absolute Gasteiger partial charge is 0.275 e. The molecule has 0 spiro atoms. The molecule has 5 rings (SSSR count). The molecule has 1 aliphatic rings. The van der Waals surface area contributed by atoms with Gasteiger partial charge in [0.25, 0.3) is 11.5 Å². The van der Waals surface area contributed by atoms with E-state index in [4.69, 9.17) is 4.98 Å². The van der Waals surface area contributed by atoms with E-state index in [9.17, 15) is 9.59 Å². The van der Waals surface area contributed by atoms with Gasteiger partial charge in [0, 0.05) is 28.2 Å². The first kappa shape index (κ1) is 21.9. The number of fused-ring (bicyclic) bond motifs is 1. The fourth-order valence-corrected chi connectivity index (χ4v) is 6.08. The standard InChI is InChI=1S/C25H24N4O2S2/c30-22-15-19(26-25-29(22)28-24(33-25)18-11-5-2-6-12-18)16-32-21-14-8-7-13-20(21)27-23(31)17-9-3-1-4-10-17/h1,3-4,7-10,13-15,18H,2,5-6,11-12,16H2,(H,27,31). The first-order chi connectivity index (χ1) is 16.2. The minimum atomic E-state index is -0.152. The summed E-state index contributed by atoms with van der Waals surface area (Å²) in [6.45, 7) is 0. The molecule has 33 heavy (non-hydrogen) atoms. The molecular formula is C25H24N4O2S2. The van der Waals surface area contributed by atoms with Crippen molar-refractivity contribution in [3.05, 3.63) is 87.3 Å². The predicted octanol–water partition coefficient (Wildman–Crippen LogP) is 5.74. The maximum absolute atomic E-state index is 12.7. The summed E-state index contributed by atoms with van der Waals surface area (Å²) in [7, 11) is 0. The van der Waals surface area contributed by atoms with Gasteiger partial charge in [-0.3, -0.25) is 9.59 Å². The van der Waals surface area contributed by atoms with E-state index < -0.39 is 0 Å². The van der Waals surface area contributed by atoms with Crippen LogP contribution in [-0.2, 0) is 5.75 Å². The Morgan fingerprint density at radius 1 is 1.06 bits per heavy atom. The summed E-state index contributed by atoms with van der Waals surface area (Å²) >= 11 is 3.09. The molecule has 168 valence electrons. The van der Waals surface area contributed by atoms with Crippen LogP contribution in [0.4, 0.5) is 5.69 Å². The average Bonchev–Trinajstić information content (AvgIpc) is 3.30. The summed E-state index contributed by atoms with van der Waals surface area (Å²) in [5.41, 5.74) is 1.93. The number of rotatable bonds is 6. The Labute approximate surface area is 200 Å². The Hall–Kier alpha value is -2.97. The number of benzene rings is 2. The van der Waals surface area contributed by atoms with E-state index in [0.717, 1.165) is 28.4 Å². The van der Waals surface area contributed by atoms with E-state index in [1.54, 1.807) is 30.0 Å². The SMILES string of the molecule is O=C(Nc1ccccc1SCc1cc(=O)n2nc(C3CCCCC3)sc2n1)c1ccccc1. The summed E-state index contributed by atoms with van der Waals surface area (Å²) in [5.74, 6) is 0.824. The second-order valence-electron chi connectivity index (χ2n) is 8.16. The molecule has 1 N–H and O–H groups in total. The third kappa shape index (κ3) is 5.02. The zero-order valence-corrected chi connectivity index (χ0v) is 19.7. The van der Waals surface area contributed by atoms with Gasteiger partial charge in [-0.1, -0.05) is 60.9 Å². The summed E-state index contributed by atoms with van der Waals surface area (Å²) in [5, 5.41) is 8.59. The molecule has 0 atom stereocenters. The normalized spacial score (nSPS) is 14.4. The fraction of sp³-hybridized carbons (Fsp3) is 0.280. The van der Waals surface area contributed by atoms with Gasteiger partial charge in [0.2, 0.25) is 4.96 Å². The Kier molecular flexibility index (Phi) is 6.55. The number of carbonyl (C=O) groups is 1. The maximum Gasteiger partial charge on any atom is 0.275 e. The zero-order valence-electron chi connectivity index (χ0n) is 18.1. The molecule has 8 heteroatoms. The molecule has 1 fully saturated rings. The van der Waals surface area contributed by atoms with Crippen LogP contribution in [-0.4, -0.2) is 20.5 Å². The fourth-order valence-electron chi connectivity index (χ4n) is 4.09. The van der Waals surface area contributed by atoms with Crippen molar-refractivity contribution in [3.8, 4) is 0 Å². The minimum Gasteiger partial charge on any atom is -0.321 e. The second kappa shape index (κ2) is 9.89. The van der Waals surface area contributed by atoms with Crippen molar-refractivity contribution in [2.45, 2.75) is 48.7 Å². The van der Waals surface area contributed by atoms with Crippen LogP contribution in [0.3, 0.4) is 0 Å². The molecule has 1 saturated carbocycles. The van der Waals surface area contributed by atoms with E-state index in [-0.39, 0.29) is 11.5 Å². The van der Waals surface area contributed by atoms with Gasteiger partial charge in [-0.05, 0) is 37.1 Å². The lowest BCUT2D eigenvalue weighted by Crippen LogP contribution is -2.16. The molecule has 1 aliphatic carbocycles. The van der Waals surface area contributed by atoms with E-state index >= 15 is 0 Å². The second-order valence-corrected chi connectivity index (χ2v) is 10.2. The van der Waals surface area contributed by atoms with Gasteiger partial charge in [0.15, 0.2) is 0 Å². The van der Waals surface area contributed by atoms with Gasteiger partial charge in [-0.25, -0.2) is 4.98 Å². The third-order valence-electron chi connectivity index (χ3n) is 5.81. The number of carbonyl (C=O) groups excluding carboxylic acids is 1. The van der Waals surface area contributed by atoms with Crippen LogP contribution < -0.4 is 10.9 Å². The van der Waals surface area contributed by atoms with Crippen LogP contribution >= 0.6 is 23.1 Å². The van der Waals surface area contributed by atoms with E-state index in [2.05, 4.69) is 10.4 Å². The number of para-hydroxylation sites is 1. The lowest BCUT2D eigenvalue weighted by atomic mass is 9.90. The van der Waals surface area contributed by atoms with Crippen molar-refractivity contribution in [2.24, 2.45) is 0 Å². The number of nitrogens with zero attached hydrogens (tertiary/aromatic N) is 3. The molecule has 4 aromatic rings. The Morgan fingerprint density at radius 2 is 1.82 bits per heavy atom. The molecule has 0 bridgehead atoms. The highest BCUT2D eigenvalue weighted by atomic mass is 32.2. The van der Waals surface area contributed by atoms with Crippen molar-refractivity contribution in [3.63, 3.8) is 0 Å². The van der Waals surface area contributed by atoms with Crippen molar-refractivity contribution in [2.75, 3.05) is 5.32 Å². The van der Waals surface area contributed by atoms with Gasteiger partial charge in [-0.15, -0.1) is 11.8 Å². The Balaban J connectivity index is 1.32. The number of aromatic nitrogens is 3. The van der Waals surface area contributed by atoms with Gasteiger partial charge in [-0.2, -0.15) is 9.61 Å². The maximum atomic E-state index is 12.7. The molecule has 2 aromatic carbocycles. The molecule has 2 aromatic heterocycles. The lowest BCUT2D eigenvalue weighted by Gasteiger charge is -2.18. The third-order valence-corrected chi connectivity index (χ3v) is 7.99. The van der Waals surface area contributed by atoms with E-state index in [0.29, 0.717) is 27.9 Å².